The van der Waals surface area contributed by atoms with Gasteiger partial charge < -0.3 is 14.8 Å². The maximum atomic E-state index is 5.84. The molecule has 2 aliphatic heterocycles. The maximum Gasteiger partial charge on any atom is 0.142 e. The van der Waals surface area contributed by atoms with E-state index in [2.05, 4.69) is 34.5 Å². The van der Waals surface area contributed by atoms with Crippen molar-refractivity contribution in [1.29, 1.82) is 0 Å². The number of hydrogen-bond acceptors (Lipinski definition) is 5. The van der Waals surface area contributed by atoms with Crippen molar-refractivity contribution in [2.45, 2.75) is 5.25 Å². The highest BCUT2D eigenvalue weighted by atomic mass is 32.2. The first-order chi connectivity index (χ1) is 9.92. The van der Waals surface area contributed by atoms with E-state index in [0.29, 0.717) is 12.0 Å². The summed E-state index contributed by atoms with van der Waals surface area (Å²) in [5.74, 6) is 2.15. The summed E-state index contributed by atoms with van der Waals surface area (Å²) >= 11 is 2.03. The first-order valence-corrected chi connectivity index (χ1v) is 8.32. The van der Waals surface area contributed by atoms with Gasteiger partial charge in [-0.05, 0) is 17.7 Å². The third-order valence-electron chi connectivity index (χ3n) is 3.70. The molecule has 0 aromatic heterocycles. The van der Waals surface area contributed by atoms with Crippen LogP contribution < -0.4 is 10.1 Å². The molecule has 2 fully saturated rings. The Labute approximate surface area is 124 Å². The van der Waals surface area contributed by atoms with Gasteiger partial charge in [0.2, 0.25) is 0 Å². The summed E-state index contributed by atoms with van der Waals surface area (Å²) in [5, 5.41) is 4.03. The van der Waals surface area contributed by atoms with E-state index in [9.17, 15) is 0 Å². The van der Waals surface area contributed by atoms with Crippen molar-refractivity contribution in [2.75, 3.05) is 51.9 Å². The molecule has 2 heterocycles. The van der Waals surface area contributed by atoms with Gasteiger partial charge in [0, 0.05) is 37.2 Å². The SMILES string of the molecule is c1cc(C2CNCCS2)ccc1OCN1CCOCC1. The van der Waals surface area contributed by atoms with Crippen LogP contribution in [0.4, 0.5) is 0 Å². The quantitative estimate of drug-likeness (QED) is 0.915. The average Bonchev–Trinajstić information content (AvgIpc) is 2.55. The van der Waals surface area contributed by atoms with Crippen LogP contribution in [0.2, 0.25) is 0 Å². The van der Waals surface area contributed by atoms with Gasteiger partial charge in [0.1, 0.15) is 12.5 Å². The predicted molar refractivity (Wildman–Crippen MR) is 82.4 cm³/mol. The largest absolute Gasteiger partial charge is 0.478 e. The smallest absolute Gasteiger partial charge is 0.142 e. The normalized spacial score (nSPS) is 24.5. The van der Waals surface area contributed by atoms with Crippen LogP contribution >= 0.6 is 11.8 Å². The molecule has 1 unspecified atom stereocenters. The number of rotatable bonds is 4. The second-order valence-electron chi connectivity index (χ2n) is 5.14. The summed E-state index contributed by atoms with van der Waals surface area (Å²) < 4.78 is 11.2. The van der Waals surface area contributed by atoms with Crippen LogP contribution in [-0.4, -0.2) is 56.8 Å². The minimum absolute atomic E-state index is 0.581. The van der Waals surface area contributed by atoms with E-state index in [0.717, 1.165) is 45.1 Å². The lowest BCUT2D eigenvalue weighted by Crippen LogP contribution is -2.38. The van der Waals surface area contributed by atoms with Crippen LogP contribution in [0.25, 0.3) is 0 Å². The van der Waals surface area contributed by atoms with Gasteiger partial charge in [-0.3, -0.25) is 4.90 Å². The van der Waals surface area contributed by atoms with Gasteiger partial charge in [-0.25, -0.2) is 0 Å². The third kappa shape index (κ3) is 3.88. The second-order valence-corrected chi connectivity index (χ2v) is 6.45. The topological polar surface area (TPSA) is 33.7 Å². The standard InChI is InChI=1S/C15H22N2O2S/c1-3-14(19-12-17-6-8-18-9-7-17)4-2-13(1)15-11-16-5-10-20-15/h1-4,15-16H,5-12H2. The minimum Gasteiger partial charge on any atom is -0.478 e. The van der Waals surface area contributed by atoms with Crippen molar-refractivity contribution in [3.8, 4) is 5.75 Å². The molecule has 1 aromatic carbocycles. The van der Waals surface area contributed by atoms with Gasteiger partial charge in [0.15, 0.2) is 0 Å². The van der Waals surface area contributed by atoms with Crippen LogP contribution in [0.3, 0.4) is 0 Å². The zero-order valence-corrected chi connectivity index (χ0v) is 12.5. The highest BCUT2D eigenvalue weighted by Crippen LogP contribution is 2.30. The first-order valence-electron chi connectivity index (χ1n) is 7.27. The molecule has 5 heteroatoms. The lowest BCUT2D eigenvalue weighted by atomic mass is 10.1. The van der Waals surface area contributed by atoms with Crippen molar-refractivity contribution < 1.29 is 9.47 Å². The highest BCUT2D eigenvalue weighted by Gasteiger charge is 2.15. The Bertz CT molecular complexity index is 401. The number of morpholine rings is 1. The molecule has 0 aliphatic carbocycles. The Morgan fingerprint density at radius 3 is 2.75 bits per heavy atom. The number of nitrogens with zero attached hydrogens (tertiary/aromatic N) is 1. The summed E-state index contributed by atoms with van der Waals surface area (Å²) in [4.78, 5) is 2.28. The fourth-order valence-corrected chi connectivity index (χ4v) is 3.59. The third-order valence-corrected chi connectivity index (χ3v) is 4.98. The molecule has 0 saturated carbocycles. The van der Waals surface area contributed by atoms with Crippen molar-refractivity contribution in [3.63, 3.8) is 0 Å². The molecule has 0 bridgehead atoms. The summed E-state index contributed by atoms with van der Waals surface area (Å²) in [6, 6.07) is 8.56. The fraction of sp³-hybridized carbons (Fsp3) is 0.600. The zero-order chi connectivity index (χ0) is 13.6. The van der Waals surface area contributed by atoms with E-state index in [1.165, 1.54) is 11.3 Å². The van der Waals surface area contributed by atoms with E-state index < -0.39 is 0 Å². The highest BCUT2D eigenvalue weighted by molar-refractivity contribution is 7.99. The van der Waals surface area contributed by atoms with Crippen LogP contribution in [0, 0.1) is 0 Å². The van der Waals surface area contributed by atoms with Crippen LogP contribution in [0.15, 0.2) is 24.3 Å². The molecule has 0 radical (unpaired) electrons. The fourth-order valence-electron chi connectivity index (χ4n) is 2.45. The number of thioether (sulfide) groups is 1. The molecule has 2 saturated heterocycles. The Balaban J connectivity index is 1.50. The Kier molecular flexibility index (Phi) is 5.19. The molecule has 110 valence electrons. The molecule has 1 N–H and O–H groups in total. The monoisotopic (exact) mass is 294 g/mol. The second kappa shape index (κ2) is 7.31. The lowest BCUT2D eigenvalue weighted by molar-refractivity contribution is 0.00407. The average molecular weight is 294 g/mol. The van der Waals surface area contributed by atoms with E-state index in [4.69, 9.17) is 9.47 Å². The Morgan fingerprint density at radius 1 is 1.25 bits per heavy atom. The van der Waals surface area contributed by atoms with Crippen molar-refractivity contribution >= 4 is 11.8 Å². The number of benzene rings is 1. The summed E-state index contributed by atoms with van der Waals surface area (Å²) in [5.41, 5.74) is 1.39. The maximum absolute atomic E-state index is 5.84. The molecule has 2 aliphatic rings. The number of hydrogen-bond donors (Lipinski definition) is 1. The zero-order valence-electron chi connectivity index (χ0n) is 11.7. The van der Waals surface area contributed by atoms with E-state index in [-0.39, 0.29) is 0 Å². The van der Waals surface area contributed by atoms with E-state index >= 15 is 0 Å². The van der Waals surface area contributed by atoms with Gasteiger partial charge in [-0.15, -0.1) is 0 Å². The Hall–Kier alpha value is -0.750. The molecule has 4 nitrogen and oxygen atoms in total. The van der Waals surface area contributed by atoms with Gasteiger partial charge in [-0.2, -0.15) is 11.8 Å². The molecule has 1 atom stereocenters. The summed E-state index contributed by atoms with van der Waals surface area (Å²) in [7, 11) is 0. The number of ether oxygens (including phenoxy) is 2. The van der Waals surface area contributed by atoms with Crippen molar-refractivity contribution in [3.05, 3.63) is 29.8 Å². The van der Waals surface area contributed by atoms with Crippen molar-refractivity contribution in [2.24, 2.45) is 0 Å². The summed E-state index contributed by atoms with van der Waals surface area (Å²) in [6.45, 7) is 6.40. The molecule has 0 spiro atoms. The molecule has 3 rings (SSSR count). The molecule has 20 heavy (non-hydrogen) atoms. The number of nitrogens with one attached hydrogen (secondary N) is 1. The van der Waals surface area contributed by atoms with Crippen LogP contribution in [-0.2, 0) is 4.74 Å². The predicted octanol–water partition coefficient (Wildman–Crippen LogP) is 1.73. The molecule has 0 amide bonds. The van der Waals surface area contributed by atoms with Crippen LogP contribution in [0.5, 0.6) is 5.75 Å². The van der Waals surface area contributed by atoms with Crippen molar-refractivity contribution in [1.82, 2.24) is 10.2 Å². The van der Waals surface area contributed by atoms with Gasteiger partial charge in [0.05, 0.1) is 13.2 Å². The molecule has 1 aromatic rings. The van der Waals surface area contributed by atoms with E-state index in [1.54, 1.807) is 0 Å². The first kappa shape index (κ1) is 14.2. The minimum atomic E-state index is 0.581. The van der Waals surface area contributed by atoms with E-state index in [1.807, 2.05) is 11.8 Å². The van der Waals surface area contributed by atoms with Gasteiger partial charge in [-0.1, -0.05) is 12.1 Å². The lowest BCUT2D eigenvalue weighted by Gasteiger charge is -2.26. The summed E-state index contributed by atoms with van der Waals surface area (Å²) in [6.07, 6.45) is 0. The van der Waals surface area contributed by atoms with Crippen LogP contribution in [0.1, 0.15) is 10.8 Å². The van der Waals surface area contributed by atoms with Gasteiger partial charge in [0.25, 0.3) is 0 Å². The molecular formula is C15H22N2O2S. The van der Waals surface area contributed by atoms with Gasteiger partial charge >= 0.3 is 0 Å². The Morgan fingerprint density at radius 2 is 2.05 bits per heavy atom. The molecular weight excluding hydrogens is 272 g/mol.